The van der Waals surface area contributed by atoms with E-state index in [9.17, 15) is 14.9 Å². The van der Waals surface area contributed by atoms with Gasteiger partial charge in [-0.3, -0.25) is 20.1 Å². The average Bonchev–Trinajstić information content (AvgIpc) is 2.78. The molecule has 0 spiro atoms. The van der Waals surface area contributed by atoms with Gasteiger partial charge in [0.05, 0.1) is 21.5 Å². The molecule has 0 fully saturated rings. The number of hydrogen-bond acceptors (Lipinski definition) is 5. The van der Waals surface area contributed by atoms with E-state index in [4.69, 9.17) is 5.21 Å². The van der Waals surface area contributed by atoms with Crippen LogP contribution in [0.4, 0.5) is 5.69 Å². The number of hydrogen-bond donors (Lipinski definition) is 3. The van der Waals surface area contributed by atoms with Crippen molar-refractivity contribution in [3.8, 4) is 0 Å². The Morgan fingerprint density at radius 2 is 2.30 bits per heavy atom. The number of nitrogens with zero attached hydrogens (tertiary/aromatic N) is 2. The Morgan fingerprint density at radius 1 is 1.55 bits per heavy atom. The van der Waals surface area contributed by atoms with Crippen LogP contribution in [0.2, 0.25) is 0 Å². The molecular weight excluding hydrogens is 264 g/mol. The molecule has 2 rings (SSSR count). The van der Waals surface area contributed by atoms with Crippen molar-refractivity contribution in [3.63, 3.8) is 0 Å². The highest BCUT2D eigenvalue weighted by molar-refractivity contribution is 5.83. The van der Waals surface area contributed by atoms with E-state index in [1.54, 1.807) is 13.0 Å². The maximum atomic E-state index is 11.1. The van der Waals surface area contributed by atoms with E-state index in [0.717, 1.165) is 5.52 Å². The smallest absolute Gasteiger partial charge is 0.274 e. The third-order valence-electron chi connectivity index (χ3n) is 3.01. The van der Waals surface area contributed by atoms with Gasteiger partial charge < -0.3 is 4.98 Å². The molecule has 0 radical (unpaired) electrons. The van der Waals surface area contributed by atoms with Crippen LogP contribution in [-0.4, -0.2) is 26.0 Å². The van der Waals surface area contributed by atoms with Crippen molar-refractivity contribution >= 4 is 22.6 Å². The maximum absolute atomic E-state index is 11.1. The summed E-state index contributed by atoms with van der Waals surface area (Å²) in [6, 6.07) is 3.05. The maximum Gasteiger partial charge on any atom is 0.274 e. The Labute approximate surface area is 113 Å². The molecule has 1 aromatic heterocycles. The van der Waals surface area contributed by atoms with Crippen LogP contribution in [0.5, 0.6) is 0 Å². The van der Waals surface area contributed by atoms with Gasteiger partial charge in [0.1, 0.15) is 5.82 Å². The predicted molar refractivity (Wildman–Crippen MR) is 70.4 cm³/mol. The van der Waals surface area contributed by atoms with Gasteiger partial charge in [0.15, 0.2) is 0 Å². The lowest BCUT2D eigenvalue weighted by molar-refractivity contribution is -0.385. The molecule has 0 bridgehead atoms. The molecule has 0 saturated heterocycles. The Morgan fingerprint density at radius 3 is 2.95 bits per heavy atom. The number of carbonyl (C=O) groups is 1. The molecule has 0 aliphatic rings. The minimum Gasteiger partial charge on any atom is -0.342 e. The fourth-order valence-corrected chi connectivity index (χ4v) is 2.14. The number of aromatic nitrogens is 2. The van der Waals surface area contributed by atoms with Gasteiger partial charge in [-0.05, 0) is 25.8 Å². The molecule has 1 aromatic carbocycles. The number of H-pyrrole nitrogens is 1. The first-order valence-corrected chi connectivity index (χ1v) is 6.08. The molecule has 8 nitrogen and oxygen atoms in total. The van der Waals surface area contributed by atoms with Crippen molar-refractivity contribution < 1.29 is 14.9 Å². The van der Waals surface area contributed by atoms with Crippen LogP contribution >= 0.6 is 0 Å². The lowest BCUT2D eigenvalue weighted by Gasteiger charge is -2.04. The molecule has 0 unspecified atom stereocenters. The normalized spacial score (nSPS) is 10.7. The number of carbonyl (C=O) groups excluding carboxylic acids is 1. The molecule has 106 valence electrons. The van der Waals surface area contributed by atoms with Gasteiger partial charge in [0.25, 0.3) is 5.69 Å². The standard InChI is InChI=1S/C12H14N4O4/c1-7-13-9-5-6-10(16(19)20)8(12(9)14-7)3-2-4-11(17)15-18/h5-6,18H,2-4H2,1H3,(H,13,14)(H,15,17). The van der Waals surface area contributed by atoms with Gasteiger partial charge in [0, 0.05) is 12.5 Å². The summed E-state index contributed by atoms with van der Waals surface area (Å²) >= 11 is 0. The molecule has 3 N–H and O–H groups in total. The van der Waals surface area contributed by atoms with Crippen molar-refractivity contribution in [2.45, 2.75) is 26.2 Å². The summed E-state index contributed by atoms with van der Waals surface area (Å²) in [5.41, 5.74) is 3.32. The highest BCUT2D eigenvalue weighted by Gasteiger charge is 2.19. The number of amides is 1. The first kappa shape index (κ1) is 13.9. The van der Waals surface area contributed by atoms with Crippen LogP contribution in [-0.2, 0) is 11.2 Å². The Hall–Kier alpha value is -2.48. The number of nitro benzene ring substituents is 1. The van der Waals surface area contributed by atoms with Crippen LogP contribution in [0, 0.1) is 17.0 Å². The number of aromatic amines is 1. The second kappa shape index (κ2) is 5.66. The van der Waals surface area contributed by atoms with Crippen LogP contribution in [0.3, 0.4) is 0 Å². The van der Waals surface area contributed by atoms with Crippen molar-refractivity contribution in [2.24, 2.45) is 0 Å². The van der Waals surface area contributed by atoms with Gasteiger partial charge in [-0.15, -0.1) is 0 Å². The van der Waals surface area contributed by atoms with Crippen molar-refractivity contribution in [1.82, 2.24) is 15.4 Å². The number of aryl methyl sites for hydroxylation is 2. The fourth-order valence-electron chi connectivity index (χ4n) is 2.14. The number of rotatable bonds is 5. The number of fused-ring (bicyclic) bond motifs is 1. The van der Waals surface area contributed by atoms with E-state index in [1.165, 1.54) is 11.5 Å². The SMILES string of the molecule is Cc1nc2c(CCCC(=O)NO)c([N+](=O)[O-])ccc2[nH]1. The number of imidazole rings is 1. The van der Waals surface area contributed by atoms with E-state index in [1.807, 2.05) is 0 Å². The Bertz CT molecular complexity index is 665. The minimum atomic E-state index is -0.516. The summed E-state index contributed by atoms with van der Waals surface area (Å²) in [4.78, 5) is 28.9. The monoisotopic (exact) mass is 278 g/mol. The van der Waals surface area contributed by atoms with Crippen LogP contribution in [0.15, 0.2) is 12.1 Å². The third-order valence-corrected chi connectivity index (χ3v) is 3.01. The van der Waals surface area contributed by atoms with Crippen LogP contribution in [0.25, 0.3) is 11.0 Å². The topological polar surface area (TPSA) is 121 Å². The van der Waals surface area contributed by atoms with E-state index >= 15 is 0 Å². The Kier molecular flexibility index (Phi) is 3.94. The summed E-state index contributed by atoms with van der Waals surface area (Å²) in [6.45, 7) is 1.77. The number of nitrogens with one attached hydrogen (secondary N) is 2. The summed E-state index contributed by atoms with van der Waals surface area (Å²) < 4.78 is 0. The summed E-state index contributed by atoms with van der Waals surface area (Å²) in [6.07, 6.45) is 0.817. The highest BCUT2D eigenvalue weighted by atomic mass is 16.6. The lowest BCUT2D eigenvalue weighted by atomic mass is 10.0. The number of nitro groups is 1. The average molecular weight is 278 g/mol. The van der Waals surface area contributed by atoms with E-state index in [2.05, 4.69) is 9.97 Å². The number of benzene rings is 1. The molecule has 0 aliphatic heterocycles. The molecule has 1 heterocycles. The zero-order valence-electron chi connectivity index (χ0n) is 10.8. The first-order valence-electron chi connectivity index (χ1n) is 6.08. The fraction of sp³-hybridized carbons (Fsp3) is 0.333. The summed E-state index contributed by atoms with van der Waals surface area (Å²) in [7, 11) is 0. The largest absolute Gasteiger partial charge is 0.342 e. The second-order valence-corrected chi connectivity index (χ2v) is 4.43. The molecule has 2 aromatic rings. The van der Waals surface area contributed by atoms with Crippen molar-refractivity contribution in [1.29, 1.82) is 0 Å². The van der Waals surface area contributed by atoms with E-state index < -0.39 is 10.8 Å². The van der Waals surface area contributed by atoms with Crippen LogP contribution < -0.4 is 5.48 Å². The van der Waals surface area contributed by atoms with Gasteiger partial charge >= 0.3 is 0 Å². The van der Waals surface area contributed by atoms with E-state index in [-0.39, 0.29) is 12.1 Å². The Balaban J connectivity index is 2.34. The molecule has 0 aliphatic carbocycles. The quantitative estimate of drug-likeness (QED) is 0.436. The zero-order chi connectivity index (χ0) is 14.7. The van der Waals surface area contributed by atoms with Crippen molar-refractivity contribution in [3.05, 3.63) is 33.6 Å². The van der Waals surface area contributed by atoms with Crippen molar-refractivity contribution in [2.75, 3.05) is 0 Å². The first-order chi connectivity index (χ1) is 9.52. The lowest BCUT2D eigenvalue weighted by Crippen LogP contribution is -2.18. The summed E-state index contributed by atoms with van der Waals surface area (Å²) in [5.74, 6) is 0.160. The van der Waals surface area contributed by atoms with E-state index in [0.29, 0.717) is 29.7 Å². The minimum absolute atomic E-state index is 0.00610. The van der Waals surface area contributed by atoms with Gasteiger partial charge in [-0.1, -0.05) is 0 Å². The predicted octanol–water partition coefficient (Wildman–Crippen LogP) is 1.61. The molecular formula is C12H14N4O4. The zero-order valence-corrected chi connectivity index (χ0v) is 10.8. The molecule has 1 amide bonds. The van der Waals surface area contributed by atoms with Crippen LogP contribution in [0.1, 0.15) is 24.2 Å². The molecule has 0 atom stereocenters. The molecule has 0 saturated carbocycles. The second-order valence-electron chi connectivity index (χ2n) is 4.43. The molecule has 20 heavy (non-hydrogen) atoms. The highest BCUT2D eigenvalue weighted by Crippen LogP contribution is 2.28. The van der Waals surface area contributed by atoms with Gasteiger partial charge in [-0.25, -0.2) is 10.5 Å². The number of hydroxylamine groups is 1. The molecule has 8 heteroatoms. The third kappa shape index (κ3) is 2.75. The van der Waals surface area contributed by atoms with Gasteiger partial charge in [0.2, 0.25) is 5.91 Å². The summed E-state index contributed by atoms with van der Waals surface area (Å²) in [5, 5.41) is 19.5. The van der Waals surface area contributed by atoms with Gasteiger partial charge in [-0.2, -0.15) is 0 Å².